The monoisotopic (exact) mass is 195 g/mol. The van der Waals surface area contributed by atoms with Crippen LogP contribution in [-0.4, -0.2) is 36.0 Å². The van der Waals surface area contributed by atoms with Crippen molar-refractivity contribution in [3.63, 3.8) is 0 Å². The largest absolute Gasteiger partial charge is 0.353 e. The van der Waals surface area contributed by atoms with Crippen molar-refractivity contribution in [3.8, 4) is 0 Å². The molecule has 1 amide bonds. The van der Waals surface area contributed by atoms with Crippen LogP contribution in [0, 0.1) is 0 Å². The number of carbonyl (C=O) groups excluding carboxylic acids is 1. The van der Waals surface area contributed by atoms with E-state index in [4.69, 9.17) is 0 Å². The Morgan fingerprint density at radius 2 is 2.29 bits per heavy atom. The number of rotatable bonds is 4. The van der Waals surface area contributed by atoms with Gasteiger partial charge in [-0.25, -0.2) is 0 Å². The summed E-state index contributed by atoms with van der Waals surface area (Å²) in [5.74, 6) is 0.0965. The van der Waals surface area contributed by atoms with E-state index in [-0.39, 0.29) is 5.91 Å². The molecule has 1 N–H and O–H groups in total. The van der Waals surface area contributed by atoms with Gasteiger partial charge in [-0.2, -0.15) is 0 Å². The molecule has 1 aromatic heterocycles. The SMILES string of the molecule is CN(C)C(=O)CNCc1cccn1C. The molecular weight excluding hydrogens is 178 g/mol. The summed E-state index contributed by atoms with van der Waals surface area (Å²) in [5, 5.41) is 3.10. The van der Waals surface area contributed by atoms with Crippen LogP contribution in [0.1, 0.15) is 5.69 Å². The van der Waals surface area contributed by atoms with Crippen LogP contribution in [0.15, 0.2) is 18.3 Å². The molecule has 0 saturated carbocycles. The Morgan fingerprint density at radius 1 is 1.57 bits per heavy atom. The zero-order valence-electron chi connectivity index (χ0n) is 8.95. The normalized spacial score (nSPS) is 10.2. The van der Waals surface area contributed by atoms with E-state index in [1.54, 1.807) is 19.0 Å². The molecule has 0 aromatic carbocycles. The molecule has 78 valence electrons. The van der Waals surface area contributed by atoms with Gasteiger partial charge in [-0.1, -0.05) is 0 Å². The summed E-state index contributed by atoms with van der Waals surface area (Å²) in [5.41, 5.74) is 1.18. The highest BCUT2D eigenvalue weighted by Crippen LogP contribution is 1.97. The first-order valence-corrected chi connectivity index (χ1v) is 4.62. The van der Waals surface area contributed by atoms with Crippen molar-refractivity contribution >= 4 is 5.91 Å². The third kappa shape index (κ3) is 2.88. The zero-order chi connectivity index (χ0) is 10.6. The van der Waals surface area contributed by atoms with E-state index in [2.05, 4.69) is 5.32 Å². The van der Waals surface area contributed by atoms with E-state index in [0.717, 1.165) is 6.54 Å². The quantitative estimate of drug-likeness (QED) is 0.745. The van der Waals surface area contributed by atoms with Gasteiger partial charge in [0.25, 0.3) is 0 Å². The zero-order valence-corrected chi connectivity index (χ0v) is 8.95. The van der Waals surface area contributed by atoms with Gasteiger partial charge in [0.05, 0.1) is 6.54 Å². The van der Waals surface area contributed by atoms with Crippen LogP contribution < -0.4 is 5.32 Å². The lowest BCUT2D eigenvalue weighted by molar-refractivity contribution is -0.127. The van der Waals surface area contributed by atoms with E-state index in [9.17, 15) is 4.79 Å². The summed E-state index contributed by atoms with van der Waals surface area (Å²) in [4.78, 5) is 12.8. The van der Waals surface area contributed by atoms with Crippen molar-refractivity contribution in [1.29, 1.82) is 0 Å². The number of aryl methyl sites for hydroxylation is 1. The van der Waals surface area contributed by atoms with Crippen molar-refractivity contribution in [3.05, 3.63) is 24.0 Å². The van der Waals surface area contributed by atoms with Crippen molar-refractivity contribution in [2.24, 2.45) is 7.05 Å². The summed E-state index contributed by atoms with van der Waals surface area (Å²) >= 11 is 0. The maximum Gasteiger partial charge on any atom is 0.236 e. The van der Waals surface area contributed by atoms with E-state index in [0.29, 0.717) is 6.54 Å². The number of amides is 1. The first-order chi connectivity index (χ1) is 6.61. The van der Waals surface area contributed by atoms with Gasteiger partial charge in [0.1, 0.15) is 0 Å². The second-order valence-corrected chi connectivity index (χ2v) is 3.50. The summed E-state index contributed by atoms with van der Waals surface area (Å²) < 4.78 is 2.03. The molecule has 0 aliphatic heterocycles. The molecule has 0 fully saturated rings. The Hall–Kier alpha value is -1.29. The van der Waals surface area contributed by atoms with E-state index < -0.39 is 0 Å². The number of nitrogens with zero attached hydrogens (tertiary/aromatic N) is 2. The van der Waals surface area contributed by atoms with Crippen molar-refractivity contribution in [1.82, 2.24) is 14.8 Å². The third-order valence-electron chi connectivity index (χ3n) is 2.13. The molecule has 0 radical (unpaired) electrons. The molecule has 0 spiro atoms. The van der Waals surface area contributed by atoms with Gasteiger partial charge >= 0.3 is 0 Å². The molecule has 0 aliphatic rings. The molecular formula is C10H17N3O. The molecule has 1 rings (SSSR count). The number of aromatic nitrogens is 1. The van der Waals surface area contributed by atoms with Gasteiger partial charge in [-0.05, 0) is 12.1 Å². The Labute approximate surface area is 84.5 Å². The molecule has 1 heterocycles. The minimum Gasteiger partial charge on any atom is -0.353 e. The highest BCUT2D eigenvalue weighted by molar-refractivity contribution is 5.77. The number of likely N-dealkylation sites (N-methyl/N-ethyl adjacent to an activating group) is 1. The first-order valence-electron chi connectivity index (χ1n) is 4.62. The summed E-state index contributed by atoms with van der Waals surface area (Å²) in [6.45, 7) is 1.11. The molecule has 4 heteroatoms. The highest BCUT2D eigenvalue weighted by atomic mass is 16.2. The Balaban J connectivity index is 2.29. The van der Waals surface area contributed by atoms with E-state index in [1.165, 1.54) is 5.69 Å². The molecule has 0 saturated heterocycles. The summed E-state index contributed by atoms with van der Waals surface area (Å²) in [6.07, 6.45) is 1.99. The lowest BCUT2D eigenvalue weighted by Gasteiger charge is -2.11. The van der Waals surface area contributed by atoms with Gasteiger partial charge in [0.15, 0.2) is 0 Å². The van der Waals surface area contributed by atoms with Gasteiger partial charge < -0.3 is 14.8 Å². The molecule has 0 atom stereocenters. The van der Waals surface area contributed by atoms with Crippen LogP contribution in [0.5, 0.6) is 0 Å². The lowest BCUT2D eigenvalue weighted by atomic mass is 10.4. The van der Waals surface area contributed by atoms with Gasteiger partial charge in [-0.15, -0.1) is 0 Å². The first kappa shape index (κ1) is 10.8. The summed E-state index contributed by atoms with van der Waals surface area (Å²) in [7, 11) is 5.50. The summed E-state index contributed by atoms with van der Waals surface area (Å²) in [6, 6.07) is 4.03. The van der Waals surface area contributed by atoms with Gasteiger partial charge in [-0.3, -0.25) is 4.79 Å². The molecule has 0 aliphatic carbocycles. The molecule has 0 bridgehead atoms. The third-order valence-corrected chi connectivity index (χ3v) is 2.13. The Morgan fingerprint density at radius 3 is 2.79 bits per heavy atom. The number of carbonyl (C=O) groups is 1. The predicted octanol–water partition coefficient (Wildman–Crippen LogP) is 0.203. The van der Waals surface area contributed by atoms with Crippen LogP contribution >= 0.6 is 0 Å². The smallest absolute Gasteiger partial charge is 0.236 e. The Kier molecular flexibility index (Phi) is 3.71. The second kappa shape index (κ2) is 4.81. The van der Waals surface area contributed by atoms with Crippen LogP contribution in [-0.2, 0) is 18.4 Å². The lowest BCUT2D eigenvalue weighted by Crippen LogP contribution is -2.32. The van der Waals surface area contributed by atoms with E-state index in [1.807, 2.05) is 29.9 Å². The fourth-order valence-corrected chi connectivity index (χ4v) is 1.14. The fourth-order valence-electron chi connectivity index (χ4n) is 1.14. The average molecular weight is 195 g/mol. The minimum atomic E-state index is 0.0965. The average Bonchev–Trinajstić information content (AvgIpc) is 2.51. The molecule has 1 aromatic rings. The van der Waals surface area contributed by atoms with Crippen LogP contribution in [0.25, 0.3) is 0 Å². The fraction of sp³-hybridized carbons (Fsp3) is 0.500. The van der Waals surface area contributed by atoms with Crippen LogP contribution in [0.4, 0.5) is 0 Å². The van der Waals surface area contributed by atoms with Crippen molar-refractivity contribution in [2.45, 2.75) is 6.54 Å². The number of nitrogens with one attached hydrogen (secondary N) is 1. The second-order valence-electron chi connectivity index (χ2n) is 3.50. The van der Waals surface area contributed by atoms with Gasteiger partial charge in [0, 0.05) is 39.6 Å². The molecule has 4 nitrogen and oxygen atoms in total. The standard InChI is InChI=1S/C10H17N3O/c1-12(2)10(14)8-11-7-9-5-4-6-13(9)3/h4-6,11H,7-8H2,1-3H3. The Bertz CT molecular complexity index is 304. The van der Waals surface area contributed by atoms with Crippen molar-refractivity contribution < 1.29 is 4.79 Å². The predicted molar refractivity (Wildman–Crippen MR) is 55.8 cm³/mol. The van der Waals surface area contributed by atoms with Crippen LogP contribution in [0.2, 0.25) is 0 Å². The maximum atomic E-state index is 11.2. The molecule has 14 heavy (non-hydrogen) atoms. The highest BCUT2D eigenvalue weighted by Gasteiger charge is 2.03. The van der Waals surface area contributed by atoms with Crippen LogP contribution in [0.3, 0.4) is 0 Å². The number of hydrogen-bond acceptors (Lipinski definition) is 2. The minimum absolute atomic E-state index is 0.0965. The number of hydrogen-bond donors (Lipinski definition) is 1. The molecule has 0 unspecified atom stereocenters. The maximum absolute atomic E-state index is 11.2. The van der Waals surface area contributed by atoms with E-state index >= 15 is 0 Å². The van der Waals surface area contributed by atoms with Gasteiger partial charge in [0.2, 0.25) is 5.91 Å². The topological polar surface area (TPSA) is 37.3 Å². The van der Waals surface area contributed by atoms with Crippen molar-refractivity contribution in [2.75, 3.05) is 20.6 Å².